The molecule has 1 N–H and O–H groups in total. The molecule has 1 aliphatic rings. The predicted molar refractivity (Wildman–Crippen MR) is 127 cm³/mol. The number of nitrogens with zero attached hydrogens (tertiary/aromatic N) is 1. The normalized spacial score (nSPS) is 17.6. The van der Waals surface area contributed by atoms with Gasteiger partial charge in [0.05, 0.1) is 6.61 Å². The van der Waals surface area contributed by atoms with E-state index >= 15 is 0 Å². The molecule has 0 radical (unpaired) electrons. The maximum atomic E-state index is 12.6. The van der Waals surface area contributed by atoms with E-state index in [1.165, 1.54) is 19.3 Å². The van der Waals surface area contributed by atoms with Gasteiger partial charge in [-0.25, -0.2) is 0 Å². The van der Waals surface area contributed by atoms with Crippen LogP contribution in [-0.2, 0) is 5.60 Å². The van der Waals surface area contributed by atoms with Gasteiger partial charge in [-0.3, -0.25) is 0 Å². The quantitative estimate of drug-likeness (QED) is 0.520. The molecule has 1 fully saturated rings. The highest BCUT2D eigenvalue weighted by Gasteiger charge is 2.42. The number of benzene rings is 3. The van der Waals surface area contributed by atoms with Crippen molar-refractivity contribution in [1.82, 2.24) is 4.90 Å². The van der Waals surface area contributed by atoms with E-state index < -0.39 is 5.60 Å². The molecule has 3 aromatic carbocycles. The number of hydrogen-bond acceptors (Lipinski definition) is 3. The second kappa shape index (κ2) is 10.1. The van der Waals surface area contributed by atoms with Gasteiger partial charge < -0.3 is 14.7 Å². The van der Waals surface area contributed by atoms with Crippen molar-refractivity contribution in [2.45, 2.75) is 37.7 Å². The van der Waals surface area contributed by atoms with Gasteiger partial charge in [-0.1, -0.05) is 79.2 Å². The summed E-state index contributed by atoms with van der Waals surface area (Å²) >= 11 is 0. The monoisotopic (exact) mass is 415 g/mol. The average molecular weight is 416 g/mol. The molecule has 162 valence electrons. The van der Waals surface area contributed by atoms with Gasteiger partial charge in [0, 0.05) is 12.5 Å². The summed E-state index contributed by atoms with van der Waals surface area (Å²) in [6.07, 6.45) is 3.76. The molecule has 0 aliphatic carbocycles. The molecule has 31 heavy (non-hydrogen) atoms. The third kappa shape index (κ3) is 4.84. The molecule has 1 aliphatic heterocycles. The van der Waals surface area contributed by atoms with Crippen molar-refractivity contribution in [3.05, 3.63) is 102 Å². The van der Waals surface area contributed by atoms with Crippen LogP contribution in [0.25, 0.3) is 0 Å². The summed E-state index contributed by atoms with van der Waals surface area (Å²) in [5.74, 6) is 0.737. The molecule has 3 nitrogen and oxygen atoms in total. The van der Waals surface area contributed by atoms with Crippen molar-refractivity contribution in [3.8, 4) is 5.75 Å². The van der Waals surface area contributed by atoms with Gasteiger partial charge in [0.2, 0.25) is 0 Å². The minimum absolute atomic E-state index is 0.0906. The molecule has 3 aromatic rings. The Morgan fingerprint density at radius 1 is 0.806 bits per heavy atom. The van der Waals surface area contributed by atoms with E-state index in [0.29, 0.717) is 6.61 Å². The van der Waals surface area contributed by atoms with E-state index in [-0.39, 0.29) is 5.92 Å². The standard InChI is InChI=1S/C28H33NO2/c1-2-31-26-18-16-25(17-19-26)28(30,24-14-8-4-9-15-24)27(23-12-6-3-7-13-23)22-29-20-10-5-11-21-29/h3-4,6-9,12-19,27,30H,2,5,10-11,20-22H2,1H3/t27-,28-/m0/s1. The number of hydrogen-bond donors (Lipinski definition) is 1. The smallest absolute Gasteiger partial charge is 0.123 e. The highest BCUT2D eigenvalue weighted by atomic mass is 16.5. The molecule has 0 aromatic heterocycles. The predicted octanol–water partition coefficient (Wildman–Crippen LogP) is 5.59. The third-order valence-corrected chi connectivity index (χ3v) is 6.42. The van der Waals surface area contributed by atoms with Crippen LogP contribution in [0.2, 0.25) is 0 Å². The molecule has 0 bridgehead atoms. The highest BCUT2D eigenvalue weighted by molar-refractivity contribution is 5.43. The van der Waals surface area contributed by atoms with Crippen LogP contribution >= 0.6 is 0 Å². The summed E-state index contributed by atoms with van der Waals surface area (Å²) in [5, 5.41) is 12.6. The summed E-state index contributed by atoms with van der Waals surface area (Å²) in [5.41, 5.74) is 1.83. The summed E-state index contributed by atoms with van der Waals surface area (Å²) in [7, 11) is 0. The lowest BCUT2D eigenvalue weighted by Crippen LogP contribution is -2.43. The van der Waals surface area contributed by atoms with Gasteiger partial charge in [0.15, 0.2) is 0 Å². The maximum Gasteiger partial charge on any atom is 0.123 e. The topological polar surface area (TPSA) is 32.7 Å². The molecule has 0 amide bonds. The first kappa shape index (κ1) is 21.6. The van der Waals surface area contributed by atoms with Crippen molar-refractivity contribution in [2.75, 3.05) is 26.2 Å². The minimum Gasteiger partial charge on any atom is -0.494 e. The minimum atomic E-state index is -1.15. The lowest BCUT2D eigenvalue weighted by Gasteiger charge is -2.41. The molecule has 0 unspecified atom stereocenters. The number of aliphatic hydroxyl groups is 1. The second-order valence-electron chi connectivity index (χ2n) is 8.41. The van der Waals surface area contributed by atoms with E-state index in [1.807, 2.05) is 67.6 Å². The van der Waals surface area contributed by atoms with E-state index in [4.69, 9.17) is 4.74 Å². The zero-order valence-corrected chi connectivity index (χ0v) is 18.4. The Bertz CT molecular complexity index is 920. The lowest BCUT2D eigenvalue weighted by atomic mass is 9.72. The molecular weight excluding hydrogens is 382 g/mol. The summed E-state index contributed by atoms with van der Waals surface area (Å²) in [6.45, 7) is 5.62. The lowest BCUT2D eigenvalue weighted by molar-refractivity contribution is 0.0310. The fraction of sp³-hybridized carbons (Fsp3) is 0.357. The molecule has 0 saturated carbocycles. The Kier molecular flexibility index (Phi) is 7.06. The first-order valence-corrected chi connectivity index (χ1v) is 11.5. The molecular formula is C28H33NO2. The first-order chi connectivity index (χ1) is 15.2. The number of ether oxygens (including phenoxy) is 1. The van der Waals surface area contributed by atoms with Crippen molar-refractivity contribution in [1.29, 1.82) is 0 Å². The van der Waals surface area contributed by atoms with Crippen LogP contribution in [0.1, 0.15) is 48.8 Å². The molecule has 1 saturated heterocycles. The summed E-state index contributed by atoms with van der Waals surface area (Å²) < 4.78 is 5.66. The second-order valence-corrected chi connectivity index (χ2v) is 8.41. The van der Waals surface area contributed by atoms with Crippen LogP contribution in [-0.4, -0.2) is 36.2 Å². The fourth-order valence-electron chi connectivity index (χ4n) is 4.80. The van der Waals surface area contributed by atoms with Gasteiger partial charge in [0.25, 0.3) is 0 Å². The highest BCUT2D eigenvalue weighted by Crippen LogP contribution is 2.43. The van der Waals surface area contributed by atoms with Crippen LogP contribution in [0.15, 0.2) is 84.9 Å². The molecule has 0 spiro atoms. The molecule has 4 rings (SSSR count). The van der Waals surface area contributed by atoms with E-state index in [1.54, 1.807) is 0 Å². The molecule has 3 heteroatoms. The Morgan fingerprint density at radius 3 is 2.00 bits per heavy atom. The molecule has 2 atom stereocenters. The van der Waals surface area contributed by atoms with Crippen LogP contribution in [0.3, 0.4) is 0 Å². The van der Waals surface area contributed by atoms with E-state index in [0.717, 1.165) is 42.1 Å². The van der Waals surface area contributed by atoms with Gasteiger partial charge in [-0.05, 0) is 61.7 Å². The number of rotatable bonds is 8. The summed E-state index contributed by atoms with van der Waals surface area (Å²) in [6, 6.07) is 28.6. The average Bonchev–Trinajstić information content (AvgIpc) is 2.84. The number of piperidine rings is 1. The van der Waals surface area contributed by atoms with Gasteiger partial charge >= 0.3 is 0 Å². The zero-order chi connectivity index (χ0) is 21.5. The van der Waals surface area contributed by atoms with Crippen LogP contribution in [0.5, 0.6) is 5.75 Å². The Hall–Kier alpha value is -2.62. The van der Waals surface area contributed by atoms with Crippen molar-refractivity contribution in [3.63, 3.8) is 0 Å². The summed E-state index contributed by atoms with van der Waals surface area (Å²) in [4.78, 5) is 2.52. The van der Waals surface area contributed by atoms with Crippen molar-refractivity contribution >= 4 is 0 Å². The van der Waals surface area contributed by atoms with Gasteiger partial charge in [-0.15, -0.1) is 0 Å². The number of likely N-dealkylation sites (tertiary alicyclic amines) is 1. The van der Waals surface area contributed by atoms with Crippen LogP contribution < -0.4 is 4.74 Å². The SMILES string of the molecule is CCOc1ccc([C@@](O)(c2ccccc2)[C@@H](CN2CCCCC2)c2ccccc2)cc1. The van der Waals surface area contributed by atoms with E-state index in [9.17, 15) is 5.11 Å². The van der Waals surface area contributed by atoms with Crippen LogP contribution in [0.4, 0.5) is 0 Å². The van der Waals surface area contributed by atoms with Crippen molar-refractivity contribution in [2.24, 2.45) is 0 Å². The van der Waals surface area contributed by atoms with Gasteiger partial charge in [0.1, 0.15) is 11.4 Å². The maximum absolute atomic E-state index is 12.6. The Labute approximate surface area is 186 Å². The largest absolute Gasteiger partial charge is 0.494 e. The third-order valence-electron chi connectivity index (χ3n) is 6.42. The Balaban J connectivity index is 1.81. The fourth-order valence-corrected chi connectivity index (χ4v) is 4.80. The van der Waals surface area contributed by atoms with Crippen molar-refractivity contribution < 1.29 is 9.84 Å². The molecule has 1 heterocycles. The first-order valence-electron chi connectivity index (χ1n) is 11.5. The van der Waals surface area contributed by atoms with Crippen LogP contribution in [0, 0.1) is 0 Å². The Morgan fingerprint density at radius 2 is 1.39 bits per heavy atom. The zero-order valence-electron chi connectivity index (χ0n) is 18.4. The van der Waals surface area contributed by atoms with E-state index in [2.05, 4.69) is 29.2 Å². The van der Waals surface area contributed by atoms with Gasteiger partial charge in [-0.2, -0.15) is 0 Å².